The number of nitrogens with zero attached hydrogens (tertiary/aromatic N) is 1. The van der Waals surface area contributed by atoms with Crippen molar-refractivity contribution in [3.63, 3.8) is 0 Å². The first-order valence-electron chi connectivity index (χ1n) is 6.45. The van der Waals surface area contributed by atoms with Gasteiger partial charge in [-0.2, -0.15) is 0 Å². The van der Waals surface area contributed by atoms with Crippen LogP contribution in [0, 0.1) is 5.92 Å². The Balaban J connectivity index is 2.21. The standard InChI is InChI=1S/C13H25NO2/c1-11(2)16-10-13(15)14(3)9-12-7-5-4-6-8-12/h11-12H,4-10H2,1-3H3. The summed E-state index contributed by atoms with van der Waals surface area (Å²) in [6.45, 7) is 5.03. The first kappa shape index (κ1) is 13.5. The molecular weight excluding hydrogens is 202 g/mol. The molecule has 1 fully saturated rings. The largest absolute Gasteiger partial charge is 0.369 e. The summed E-state index contributed by atoms with van der Waals surface area (Å²) in [5.41, 5.74) is 0. The molecule has 3 nitrogen and oxygen atoms in total. The van der Waals surface area contributed by atoms with Crippen LogP contribution >= 0.6 is 0 Å². The lowest BCUT2D eigenvalue weighted by Crippen LogP contribution is -2.35. The lowest BCUT2D eigenvalue weighted by Gasteiger charge is -2.27. The Hall–Kier alpha value is -0.570. The Bertz CT molecular complexity index is 210. The van der Waals surface area contributed by atoms with Gasteiger partial charge < -0.3 is 9.64 Å². The normalized spacial score (nSPS) is 17.8. The molecule has 1 aliphatic carbocycles. The highest BCUT2D eigenvalue weighted by molar-refractivity contribution is 5.77. The summed E-state index contributed by atoms with van der Waals surface area (Å²) in [6, 6.07) is 0. The van der Waals surface area contributed by atoms with Crippen LogP contribution in [-0.4, -0.2) is 37.1 Å². The maximum Gasteiger partial charge on any atom is 0.248 e. The summed E-state index contributed by atoms with van der Waals surface area (Å²) in [6.07, 6.45) is 6.72. The van der Waals surface area contributed by atoms with E-state index in [0.717, 1.165) is 6.54 Å². The molecule has 0 bridgehead atoms. The fraction of sp³-hybridized carbons (Fsp3) is 0.923. The van der Waals surface area contributed by atoms with Crippen molar-refractivity contribution in [2.75, 3.05) is 20.2 Å². The van der Waals surface area contributed by atoms with Crippen molar-refractivity contribution < 1.29 is 9.53 Å². The SMILES string of the molecule is CC(C)OCC(=O)N(C)CC1CCCCC1. The predicted molar refractivity (Wildman–Crippen MR) is 65.3 cm³/mol. The first-order valence-corrected chi connectivity index (χ1v) is 6.45. The van der Waals surface area contributed by atoms with E-state index in [0.29, 0.717) is 5.92 Å². The molecule has 1 saturated carbocycles. The van der Waals surface area contributed by atoms with E-state index in [1.54, 1.807) is 0 Å². The van der Waals surface area contributed by atoms with E-state index in [1.807, 2.05) is 25.8 Å². The topological polar surface area (TPSA) is 29.5 Å². The van der Waals surface area contributed by atoms with Gasteiger partial charge in [0.05, 0.1) is 6.10 Å². The average molecular weight is 227 g/mol. The molecule has 3 heteroatoms. The van der Waals surface area contributed by atoms with Crippen LogP contribution in [0.15, 0.2) is 0 Å². The average Bonchev–Trinajstić information content (AvgIpc) is 2.27. The molecule has 0 atom stereocenters. The zero-order chi connectivity index (χ0) is 12.0. The lowest BCUT2D eigenvalue weighted by molar-refractivity contribution is -0.136. The molecule has 0 heterocycles. The Kier molecular flexibility index (Phi) is 5.81. The molecule has 0 unspecified atom stereocenters. The lowest BCUT2D eigenvalue weighted by atomic mass is 9.89. The Morgan fingerprint density at radius 2 is 1.94 bits per heavy atom. The monoisotopic (exact) mass is 227 g/mol. The molecule has 1 rings (SSSR count). The Morgan fingerprint density at radius 3 is 2.50 bits per heavy atom. The van der Waals surface area contributed by atoms with Crippen LogP contribution in [0.3, 0.4) is 0 Å². The van der Waals surface area contributed by atoms with Gasteiger partial charge in [0.2, 0.25) is 5.91 Å². The van der Waals surface area contributed by atoms with Gasteiger partial charge in [-0.3, -0.25) is 4.79 Å². The van der Waals surface area contributed by atoms with Gasteiger partial charge in [-0.05, 0) is 32.6 Å². The van der Waals surface area contributed by atoms with Crippen LogP contribution in [-0.2, 0) is 9.53 Å². The van der Waals surface area contributed by atoms with Gasteiger partial charge in [0.15, 0.2) is 0 Å². The zero-order valence-corrected chi connectivity index (χ0v) is 10.9. The minimum Gasteiger partial charge on any atom is -0.369 e. The van der Waals surface area contributed by atoms with E-state index in [2.05, 4.69) is 0 Å². The highest BCUT2D eigenvalue weighted by Crippen LogP contribution is 2.24. The highest BCUT2D eigenvalue weighted by Gasteiger charge is 2.18. The summed E-state index contributed by atoms with van der Waals surface area (Å²) in [5.74, 6) is 0.820. The van der Waals surface area contributed by atoms with E-state index >= 15 is 0 Å². The number of carbonyl (C=O) groups is 1. The van der Waals surface area contributed by atoms with Crippen molar-refractivity contribution in [3.05, 3.63) is 0 Å². The molecule has 0 N–H and O–H groups in total. The quantitative estimate of drug-likeness (QED) is 0.722. The molecule has 0 spiro atoms. The molecule has 0 aromatic heterocycles. The molecule has 0 radical (unpaired) electrons. The highest BCUT2D eigenvalue weighted by atomic mass is 16.5. The smallest absolute Gasteiger partial charge is 0.248 e. The zero-order valence-electron chi connectivity index (χ0n) is 10.9. The fourth-order valence-electron chi connectivity index (χ4n) is 2.21. The minimum absolute atomic E-state index is 0.110. The van der Waals surface area contributed by atoms with Crippen LogP contribution in [0.5, 0.6) is 0 Å². The van der Waals surface area contributed by atoms with Gasteiger partial charge in [-0.1, -0.05) is 19.3 Å². The van der Waals surface area contributed by atoms with Crippen molar-refractivity contribution in [1.29, 1.82) is 0 Å². The summed E-state index contributed by atoms with van der Waals surface area (Å²) in [4.78, 5) is 13.6. The summed E-state index contributed by atoms with van der Waals surface area (Å²) < 4.78 is 5.32. The number of hydrogen-bond donors (Lipinski definition) is 0. The van der Waals surface area contributed by atoms with Crippen LogP contribution in [0.4, 0.5) is 0 Å². The molecule has 16 heavy (non-hydrogen) atoms. The van der Waals surface area contributed by atoms with Crippen LogP contribution in [0.1, 0.15) is 46.0 Å². The second kappa shape index (κ2) is 6.89. The molecule has 1 aliphatic rings. The third kappa shape index (κ3) is 4.97. The second-order valence-corrected chi connectivity index (χ2v) is 5.14. The number of ether oxygens (including phenoxy) is 1. The molecule has 0 saturated heterocycles. The molecule has 94 valence electrons. The van der Waals surface area contributed by atoms with Crippen molar-refractivity contribution in [3.8, 4) is 0 Å². The van der Waals surface area contributed by atoms with Crippen molar-refractivity contribution in [1.82, 2.24) is 4.90 Å². The van der Waals surface area contributed by atoms with Crippen molar-refractivity contribution in [2.24, 2.45) is 5.92 Å². The maximum atomic E-state index is 11.7. The molecule has 0 aromatic rings. The van der Waals surface area contributed by atoms with E-state index < -0.39 is 0 Å². The van der Waals surface area contributed by atoms with Gasteiger partial charge in [0.25, 0.3) is 0 Å². The van der Waals surface area contributed by atoms with E-state index in [9.17, 15) is 4.79 Å². The van der Waals surface area contributed by atoms with E-state index in [-0.39, 0.29) is 18.6 Å². The van der Waals surface area contributed by atoms with E-state index in [1.165, 1.54) is 32.1 Å². The number of amides is 1. The van der Waals surface area contributed by atoms with Gasteiger partial charge in [-0.25, -0.2) is 0 Å². The van der Waals surface area contributed by atoms with Crippen LogP contribution < -0.4 is 0 Å². The Labute approximate surface area is 99.1 Å². The third-order valence-corrected chi connectivity index (χ3v) is 3.22. The van der Waals surface area contributed by atoms with Crippen molar-refractivity contribution in [2.45, 2.75) is 52.1 Å². The van der Waals surface area contributed by atoms with Gasteiger partial charge in [-0.15, -0.1) is 0 Å². The third-order valence-electron chi connectivity index (χ3n) is 3.22. The summed E-state index contributed by atoms with van der Waals surface area (Å²) in [7, 11) is 1.89. The molecule has 0 aliphatic heterocycles. The number of rotatable bonds is 5. The first-order chi connectivity index (χ1) is 7.59. The van der Waals surface area contributed by atoms with Crippen LogP contribution in [0.25, 0.3) is 0 Å². The van der Waals surface area contributed by atoms with Crippen molar-refractivity contribution >= 4 is 5.91 Å². The van der Waals surface area contributed by atoms with E-state index in [4.69, 9.17) is 4.74 Å². The molecule has 0 aromatic carbocycles. The number of carbonyl (C=O) groups excluding carboxylic acids is 1. The van der Waals surface area contributed by atoms with Gasteiger partial charge in [0.1, 0.15) is 6.61 Å². The van der Waals surface area contributed by atoms with Gasteiger partial charge >= 0.3 is 0 Å². The number of hydrogen-bond acceptors (Lipinski definition) is 2. The fourth-order valence-corrected chi connectivity index (χ4v) is 2.21. The summed E-state index contributed by atoms with van der Waals surface area (Å²) in [5, 5.41) is 0. The second-order valence-electron chi connectivity index (χ2n) is 5.14. The maximum absolute atomic E-state index is 11.7. The minimum atomic E-state index is 0.110. The Morgan fingerprint density at radius 1 is 1.31 bits per heavy atom. The molecular formula is C13H25NO2. The van der Waals surface area contributed by atoms with Gasteiger partial charge in [0, 0.05) is 13.6 Å². The number of likely N-dealkylation sites (N-methyl/N-ethyl adjacent to an activating group) is 1. The summed E-state index contributed by atoms with van der Waals surface area (Å²) >= 11 is 0. The van der Waals surface area contributed by atoms with Crippen LogP contribution in [0.2, 0.25) is 0 Å². The molecule has 1 amide bonds. The predicted octanol–water partition coefficient (Wildman–Crippen LogP) is 2.45.